The van der Waals surface area contributed by atoms with Crippen LogP contribution in [0.25, 0.3) is 27.7 Å². The standard InChI is InChI=1S/C23H22F3N5O/c1-10-9-27-19-14(10)6-13(24)7-15(19)18-11(2)20-16(8-17(18)32-22(25)26)28-23(4,5)21-30-29-12(3)31(20)21/h6-9,22,27-28H,1-5H3. The van der Waals surface area contributed by atoms with Gasteiger partial charge in [0, 0.05) is 28.8 Å². The second-order valence-corrected chi connectivity index (χ2v) is 8.65. The average Bonchev–Trinajstić information content (AvgIpc) is 3.25. The quantitative estimate of drug-likeness (QED) is 0.425. The fourth-order valence-electron chi connectivity index (χ4n) is 4.64. The molecular weight excluding hydrogens is 419 g/mol. The van der Waals surface area contributed by atoms with E-state index in [0.29, 0.717) is 44.9 Å². The van der Waals surface area contributed by atoms with Gasteiger partial charge in [0.05, 0.1) is 22.4 Å². The first kappa shape index (κ1) is 20.4. The number of alkyl halides is 2. The number of nitrogens with zero attached hydrogens (tertiary/aromatic N) is 3. The minimum atomic E-state index is -3.04. The van der Waals surface area contributed by atoms with Crippen molar-refractivity contribution in [3.63, 3.8) is 0 Å². The number of aromatic amines is 1. The van der Waals surface area contributed by atoms with Crippen LogP contribution >= 0.6 is 0 Å². The van der Waals surface area contributed by atoms with Gasteiger partial charge >= 0.3 is 6.61 Å². The Labute approximate surface area is 182 Å². The summed E-state index contributed by atoms with van der Waals surface area (Å²) in [6.45, 7) is 6.33. The van der Waals surface area contributed by atoms with E-state index in [1.165, 1.54) is 12.1 Å². The Balaban J connectivity index is 1.89. The first-order valence-corrected chi connectivity index (χ1v) is 10.2. The smallest absolute Gasteiger partial charge is 0.387 e. The molecule has 2 N–H and O–H groups in total. The summed E-state index contributed by atoms with van der Waals surface area (Å²) >= 11 is 0. The van der Waals surface area contributed by atoms with E-state index in [2.05, 4.69) is 20.5 Å². The Hall–Kier alpha value is -3.49. The van der Waals surface area contributed by atoms with Crippen LogP contribution in [0.2, 0.25) is 0 Å². The van der Waals surface area contributed by atoms with Gasteiger partial charge in [-0.2, -0.15) is 8.78 Å². The lowest BCUT2D eigenvalue weighted by Gasteiger charge is -2.35. The van der Waals surface area contributed by atoms with Gasteiger partial charge in [0.25, 0.3) is 0 Å². The highest BCUT2D eigenvalue weighted by Crippen LogP contribution is 2.47. The van der Waals surface area contributed by atoms with E-state index in [1.807, 2.05) is 39.2 Å². The zero-order chi connectivity index (χ0) is 22.9. The average molecular weight is 441 g/mol. The number of anilines is 1. The number of halogens is 3. The maximum Gasteiger partial charge on any atom is 0.387 e. The van der Waals surface area contributed by atoms with Crippen molar-refractivity contribution in [2.75, 3.05) is 5.32 Å². The molecule has 0 fully saturated rings. The van der Waals surface area contributed by atoms with Crippen LogP contribution in [0.3, 0.4) is 0 Å². The topological polar surface area (TPSA) is 67.8 Å². The summed E-state index contributed by atoms with van der Waals surface area (Å²) in [5.74, 6) is 0.857. The maximum atomic E-state index is 14.6. The van der Waals surface area contributed by atoms with Crippen molar-refractivity contribution in [1.29, 1.82) is 0 Å². The van der Waals surface area contributed by atoms with E-state index in [9.17, 15) is 13.2 Å². The molecule has 6 nitrogen and oxygen atoms in total. The van der Waals surface area contributed by atoms with Gasteiger partial charge in [-0.05, 0) is 57.9 Å². The van der Waals surface area contributed by atoms with Crippen molar-refractivity contribution in [3.8, 4) is 22.6 Å². The number of nitrogens with one attached hydrogen (secondary N) is 2. The Kier molecular flexibility index (Phi) is 4.31. The molecule has 2 aromatic carbocycles. The van der Waals surface area contributed by atoms with Gasteiger partial charge in [0.1, 0.15) is 17.4 Å². The van der Waals surface area contributed by atoms with Crippen molar-refractivity contribution < 1.29 is 17.9 Å². The summed E-state index contributed by atoms with van der Waals surface area (Å²) in [5.41, 5.74) is 3.72. The number of hydrogen-bond donors (Lipinski definition) is 2. The number of H-pyrrole nitrogens is 1. The predicted octanol–water partition coefficient (Wildman–Crippen LogP) is 5.74. The third-order valence-corrected chi connectivity index (χ3v) is 6.01. The zero-order valence-electron chi connectivity index (χ0n) is 18.3. The first-order chi connectivity index (χ1) is 15.1. The summed E-state index contributed by atoms with van der Waals surface area (Å²) < 4.78 is 48.4. The highest BCUT2D eigenvalue weighted by molar-refractivity contribution is 6.00. The van der Waals surface area contributed by atoms with E-state index in [-0.39, 0.29) is 5.75 Å². The molecule has 0 saturated heterocycles. The normalized spacial score (nSPS) is 14.4. The monoisotopic (exact) mass is 441 g/mol. The third-order valence-electron chi connectivity index (χ3n) is 6.01. The van der Waals surface area contributed by atoms with E-state index < -0.39 is 18.0 Å². The highest BCUT2D eigenvalue weighted by Gasteiger charge is 2.36. The summed E-state index contributed by atoms with van der Waals surface area (Å²) in [5, 5.41) is 12.6. The summed E-state index contributed by atoms with van der Waals surface area (Å²) in [7, 11) is 0. The van der Waals surface area contributed by atoms with E-state index in [0.717, 1.165) is 11.3 Å². The van der Waals surface area contributed by atoms with Gasteiger partial charge in [-0.15, -0.1) is 10.2 Å². The number of hydrogen-bond acceptors (Lipinski definition) is 4. The number of aromatic nitrogens is 4. The van der Waals surface area contributed by atoms with Gasteiger partial charge in [0.2, 0.25) is 0 Å². The second kappa shape index (κ2) is 6.75. The third kappa shape index (κ3) is 2.87. The first-order valence-electron chi connectivity index (χ1n) is 10.2. The van der Waals surface area contributed by atoms with Crippen LogP contribution in [0.4, 0.5) is 18.9 Å². The molecular formula is C23H22F3N5O. The number of benzene rings is 2. The predicted molar refractivity (Wildman–Crippen MR) is 116 cm³/mol. The second-order valence-electron chi connectivity index (χ2n) is 8.65. The Morgan fingerprint density at radius 2 is 1.84 bits per heavy atom. The molecule has 9 heteroatoms. The molecule has 32 heavy (non-hydrogen) atoms. The molecule has 0 amide bonds. The van der Waals surface area contributed by atoms with Crippen molar-refractivity contribution in [2.45, 2.75) is 46.8 Å². The minimum Gasteiger partial charge on any atom is -0.434 e. The van der Waals surface area contributed by atoms with Crippen molar-refractivity contribution in [1.82, 2.24) is 19.7 Å². The molecule has 0 aliphatic carbocycles. The number of fused-ring (bicyclic) bond motifs is 4. The molecule has 0 unspecified atom stereocenters. The maximum absolute atomic E-state index is 14.6. The van der Waals surface area contributed by atoms with Crippen molar-refractivity contribution in [2.24, 2.45) is 0 Å². The molecule has 4 aromatic rings. The van der Waals surface area contributed by atoms with Crippen LogP contribution < -0.4 is 10.1 Å². The van der Waals surface area contributed by atoms with Crippen molar-refractivity contribution in [3.05, 3.63) is 53.0 Å². The SMILES string of the molecule is Cc1c(-c2cc(F)cc3c(C)c[nH]c23)c(OC(F)F)cc2c1-n1c(C)nnc1C(C)(C)N2. The molecule has 166 valence electrons. The number of rotatable bonds is 3. The van der Waals surface area contributed by atoms with Crippen LogP contribution in [0, 0.1) is 26.6 Å². The Morgan fingerprint density at radius 1 is 1.09 bits per heavy atom. The number of aryl methyl sites for hydroxylation is 2. The summed E-state index contributed by atoms with van der Waals surface area (Å²) in [6.07, 6.45) is 1.76. The van der Waals surface area contributed by atoms with Crippen LogP contribution in [-0.4, -0.2) is 26.4 Å². The molecule has 0 atom stereocenters. The van der Waals surface area contributed by atoms with Crippen LogP contribution in [0.15, 0.2) is 24.4 Å². The molecule has 0 spiro atoms. The minimum absolute atomic E-state index is 0.0344. The zero-order valence-corrected chi connectivity index (χ0v) is 18.3. The van der Waals surface area contributed by atoms with Crippen molar-refractivity contribution >= 4 is 16.6 Å². The molecule has 3 heterocycles. The van der Waals surface area contributed by atoms with Crippen LogP contribution in [0.5, 0.6) is 5.75 Å². The molecule has 2 aromatic heterocycles. The fraction of sp³-hybridized carbons (Fsp3) is 0.304. The molecule has 1 aliphatic rings. The Bertz CT molecular complexity index is 1390. The van der Waals surface area contributed by atoms with Gasteiger partial charge in [0.15, 0.2) is 5.82 Å². The lowest BCUT2D eigenvalue weighted by molar-refractivity contribution is -0.0494. The molecule has 1 aliphatic heterocycles. The summed E-state index contributed by atoms with van der Waals surface area (Å²) in [4.78, 5) is 3.15. The van der Waals surface area contributed by atoms with E-state index in [4.69, 9.17) is 4.74 Å². The van der Waals surface area contributed by atoms with Gasteiger partial charge in [-0.25, -0.2) is 4.39 Å². The molecule has 0 bridgehead atoms. The highest BCUT2D eigenvalue weighted by atomic mass is 19.3. The molecule has 0 saturated carbocycles. The van der Waals surface area contributed by atoms with E-state index >= 15 is 0 Å². The number of ether oxygens (including phenoxy) is 1. The fourth-order valence-corrected chi connectivity index (χ4v) is 4.64. The Morgan fingerprint density at radius 3 is 2.56 bits per heavy atom. The largest absolute Gasteiger partial charge is 0.434 e. The van der Waals surface area contributed by atoms with Gasteiger partial charge in [-0.1, -0.05) is 0 Å². The lowest BCUT2D eigenvalue weighted by atomic mass is 9.91. The molecule has 5 rings (SSSR count). The van der Waals surface area contributed by atoms with Crippen LogP contribution in [-0.2, 0) is 5.54 Å². The van der Waals surface area contributed by atoms with Crippen LogP contribution in [0.1, 0.15) is 36.6 Å². The summed E-state index contributed by atoms with van der Waals surface area (Å²) in [6, 6.07) is 4.31. The van der Waals surface area contributed by atoms with Gasteiger partial charge < -0.3 is 15.0 Å². The lowest BCUT2D eigenvalue weighted by Crippen LogP contribution is -2.36. The van der Waals surface area contributed by atoms with Gasteiger partial charge in [-0.3, -0.25) is 4.57 Å². The molecule has 0 radical (unpaired) electrons. The van der Waals surface area contributed by atoms with E-state index in [1.54, 1.807) is 12.3 Å².